The number of Topliss-reactive ketones (excluding diaryl/α,β-unsaturated/α-hetero) is 1. The molecule has 0 radical (unpaired) electrons. The van der Waals surface area contributed by atoms with Gasteiger partial charge in [0, 0.05) is 10.0 Å². The Morgan fingerprint density at radius 2 is 1.73 bits per heavy atom. The normalized spacial score (nSPS) is 11.6. The standard InChI is InChI=1S/C17H15BrO4/c1-11(16(19)12-6-8-15(21-2)9-7-12)22-17(20)13-4-3-5-14(18)10-13/h3-11H,1-2H3/t11-/m1/s1. The van der Waals surface area contributed by atoms with Crippen molar-refractivity contribution < 1.29 is 19.1 Å². The van der Waals surface area contributed by atoms with E-state index in [1.54, 1.807) is 56.5 Å². The Balaban J connectivity index is 2.05. The number of esters is 1. The lowest BCUT2D eigenvalue weighted by Crippen LogP contribution is -2.24. The summed E-state index contributed by atoms with van der Waals surface area (Å²) in [6, 6.07) is 13.5. The maximum absolute atomic E-state index is 12.3. The van der Waals surface area contributed by atoms with Crippen molar-refractivity contribution in [3.05, 3.63) is 64.1 Å². The molecule has 0 saturated carbocycles. The number of ether oxygens (including phenoxy) is 2. The van der Waals surface area contributed by atoms with E-state index in [1.807, 2.05) is 6.07 Å². The van der Waals surface area contributed by atoms with Crippen LogP contribution in [0.1, 0.15) is 27.6 Å². The Labute approximate surface area is 137 Å². The van der Waals surface area contributed by atoms with Gasteiger partial charge in [-0.3, -0.25) is 4.79 Å². The largest absolute Gasteiger partial charge is 0.497 e. The van der Waals surface area contributed by atoms with Crippen LogP contribution < -0.4 is 4.74 Å². The average Bonchev–Trinajstić information content (AvgIpc) is 2.54. The SMILES string of the molecule is COc1ccc(C(=O)[C@@H](C)OC(=O)c2cccc(Br)c2)cc1. The molecule has 0 unspecified atom stereocenters. The molecule has 2 rings (SSSR count). The molecular formula is C17H15BrO4. The van der Waals surface area contributed by atoms with Gasteiger partial charge in [0.05, 0.1) is 12.7 Å². The van der Waals surface area contributed by atoms with Gasteiger partial charge in [0.25, 0.3) is 0 Å². The Bertz CT molecular complexity index is 679. The quantitative estimate of drug-likeness (QED) is 0.598. The number of methoxy groups -OCH3 is 1. The summed E-state index contributed by atoms with van der Waals surface area (Å²) in [4.78, 5) is 24.3. The predicted molar refractivity (Wildman–Crippen MR) is 86.3 cm³/mol. The van der Waals surface area contributed by atoms with Crippen molar-refractivity contribution in [2.45, 2.75) is 13.0 Å². The fraction of sp³-hybridized carbons (Fsp3) is 0.176. The van der Waals surface area contributed by atoms with E-state index in [1.165, 1.54) is 0 Å². The Morgan fingerprint density at radius 1 is 1.05 bits per heavy atom. The smallest absolute Gasteiger partial charge is 0.338 e. The number of hydrogen-bond acceptors (Lipinski definition) is 4. The first kappa shape index (κ1) is 16.2. The summed E-state index contributed by atoms with van der Waals surface area (Å²) in [5, 5.41) is 0. The first-order valence-corrected chi connectivity index (χ1v) is 7.45. The van der Waals surface area contributed by atoms with E-state index >= 15 is 0 Å². The van der Waals surface area contributed by atoms with Crippen LogP contribution in [0.4, 0.5) is 0 Å². The lowest BCUT2D eigenvalue weighted by molar-refractivity contribution is 0.0318. The van der Waals surface area contributed by atoms with Crippen LogP contribution in [0.5, 0.6) is 5.75 Å². The third-order valence-electron chi connectivity index (χ3n) is 3.09. The van der Waals surface area contributed by atoms with Crippen molar-refractivity contribution in [1.29, 1.82) is 0 Å². The van der Waals surface area contributed by atoms with Crippen LogP contribution in [-0.4, -0.2) is 25.0 Å². The van der Waals surface area contributed by atoms with Gasteiger partial charge in [-0.2, -0.15) is 0 Å². The molecule has 0 aliphatic heterocycles. The van der Waals surface area contributed by atoms with Gasteiger partial charge in [0.15, 0.2) is 6.10 Å². The first-order chi connectivity index (χ1) is 10.5. The van der Waals surface area contributed by atoms with E-state index in [9.17, 15) is 9.59 Å². The highest BCUT2D eigenvalue weighted by Gasteiger charge is 2.20. The van der Waals surface area contributed by atoms with Crippen LogP contribution >= 0.6 is 15.9 Å². The van der Waals surface area contributed by atoms with Gasteiger partial charge in [-0.25, -0.2) is 4.79 Å². The molecule has 0 saturated heterocycles. The van der Waals surface area contributed by atoms with Crippen LogP contribution in [0, 0.1) is 0 Å². The minimum Gasteiger partial charge on any atom is -0.497 e. The molecule has 0 aromatic heterocycles. The number of benzene rings is 2. The summed E-state index contributed by atoms with van der Waals surface area (Å²) < 4.78 is 11.0. The van der Waals surface area contributed by atoms with Gasteiger partial charge in [0.1, 0.15) is 5.75 Å². The molecule has 0 aliphatic rings. The van der Waals surface area contributed by atoms with E-state index in [0.29, 0.717) is 16.9 Å². The molecule has 5 heteroatoms. The van der Waals surface area contributed by atoms with Crippen LogP contribution in [0.15, 0.2) is 53.0 Å². The molecule has 0 amide bonds. The molecule has 2 aromatic rings. The summed E-state index contributed by atoms with van der Waals surface area (Å²) in [5.74, 6) is -0.128. The van der Waals surface area contributed by atoms with E-state index in [0.717, 1.165) is 4.47 Å². The molecule has 114 valence electrons. The molecule has 0 fully saturated rings. The third-order valence-corrected chi connectivity index (χ3v) is 3.58. The Morgan fingerprint density at radius 3 is 2.32 bits per heavy atom. The minimum absolute atomic E-state index is 0.258. The second kappa shape index (κ2) is 7.22. The topological polar surface area (TPSA) is 52.6 Å². The van der Waals surface area contributed by atoms with Gasteiger partial charge in [-0.15, -0.1) is 0 Å². The second-order valence-electron chi connectivity index (χ2n) is 4.65. The van der Waals surface area contributed by atoms with Gasteiger partial charge in [-0.05, 0) is 49.4 Å². The zero-order valence-corrected chi connectivity index (χ0v) is 13.8. The lowest BCUT2D eigenvalue weighted by atomic mass is 10.1. The maximum Gasteiger partial charge on any atom is 0.338 e. The summed E-state index contributed by atoms with van der Waals surface area (Å²) in [6.45, 7) is 1.56. The van der Waals surface area contributed by atoms with Crippen molar-refractivity contribution in [2.24, 2.45) is 0 Å². The van der Waals surface area contributed by atoms with Gasteiger partial charge >= 0.3 is 5.97 Å². The highest BCUT2D eigenvalue weighted by atomic mass is 79.9. The van der Waals surface area contributed by atoms with E-state index in [4.69, 9.17) is 9.47 Å². The third kappa shape index (κ3) is 3.95. The molecular weight excluding hydrogens is 348 g/mol. The molecule has 2 aromatic carbocycles. The van der Waals surface area contributed by atoms with Crippen LogP contribution in [-0.2, 0) is 4.74 Å². The molecule has 0 aliphatic carbocycles. The summed E-state index contributed by atoms with van der Waals surface area (Å²) >= 11 is 3.29. The fourth-order valence-corrected chi connectivity index (χ4v) is 2.29. The summed E-state index contributed by atoms with van der Waals surface area (Å²) in [6.07, 6.45) is -0.861. The molecule has 0 spiro atoms. The Kier molecular flexibility index (Phi) is 5.33. The number of hydrogen-bond donors (Lipinski definition) is 0. The number of carbonyl (C=O) groups is 2. The summed E-state index contributed by atoms with van der Waals surface area (Å²) in [5.41, 5.74) is 0.860. The van der Waals surface area contributed by atoms with E-state index in [-0.39, 0.29) is 5.78 Å². The van der Waals surface area contributed by atoms with Crippen molar-refractivity contribution in [3.63, 3.8) is 0 Å². The first-order valence-electron chi connectivity index (χ1n) is 6.66. The lowest BCUT2D eigenvalue weighted by Gasteiger charge is -2.12. The zero-order chi connectivity index (χ0) is 16.1. The molecule has 1 atom stereocenters. The van der Waals surface area contributed by atoms with Crippen molar-refractivity contribution >= 4 is 27.7 Å². The number of carbonyl (C=O) groups excluding carboxylic acids is 2. The number of rotatable bonds is 5. The van der Waals surface area contributed by atoms with Gasteiger partial charge in [0.2, 0.25) is 5.78 Å². The highest BCUT2D eigenvalue weighted by Crippen LogP contribution is 2.16. The zero-order valence-electron chi connectivity index (χ0n) is 12.2. The van der Waals surface area contributed by atoms with Crippen LogP contribution in [0.3, 0.4) is 0 Å². The van der Waals surface area contributed by atoms with Crippen molar-refractivity contribution in [2.75, 3.05) is 7.11 Å². The monoisotopic (exact) mass is 362 g/mol. The average molecular weight is 363 g/mol. The van der Waals surface area contributed by atoms with Crippen LogP contribution in [0.25, 0.3) is 0 Å². The van der Waals surface area contributed by atoms with E-state index < -0.39 is 12.1 Å². The molecule has 0 heterocycles. The molecule has 0 N–H and O–H groups in total. The number of halogens is 1. The minimum atomic E-state index is -0.861. The number of ketones is 1. The second-order valence-corrected chi connectivity index (χ2v) is 5.57. The molecule has 22 heavy (non-hydrogen) atoms. The highest BCUT2D eigenvalue weighted by molar-refractivity contribution is 9.10. The Hall–Kier alpha value is -2.14. The maximum atomic E-state index is 12.3. The van der Waals surface area contributed by atoms with Crippen molar-refractivity contribution in [3.8, 4) is 5.75 Å². The van der Waals surface area contributed by atoms with Crippen LogP contribution in [0.2, 0.25) is 0 Å². The van der Waals surface area contributed by atoms with Gasteiger partial charge in [-0.1, -0.05) is 22.0 Å². The predicted octanol–water partition coefficient (Wildman–Crippen LogP) is 3.89. The molecule has 4 nitrogen and oxygen atoms in total. The molecule has 0 bridgehead atoms. The van der Waals surface area contributed by atoms with E-state index in [2.05, 4.69) is 15.9 Å². The van der Waals surface area contributed by atoms with Gasteiger partial charge < -0.3 is 9.47 Å². The fourth-order valence-electron chi connectivity index (χ4n) is 1.89. The summed E-state index contributed by atoms with van der Waals surface area (Å²) in [7, 11) is 1.55. The van der Waals surface area contributed by atoms with Crippen molar-refractivity contribution in [1.82, 2.24) is 0 Å².